The monoisotopic (exact) mass is 252 g/mol. The number of carbonyl (C=O) groups is 2. The molecule has 1 saturated heterocycles. The zero-order valence-corrected chi connectivity index (χ0v) is 12.3. The van der Waals surface area contributed by atoms with Gasteiger partial charge in [-0.15, -0.1) is 0 Å². The van der Waals surface area contributed by atoms with Crippen LogP contribution < -0.4 is 0 Å². The van der Waals surface area contributed by atoms with Crippen molar-refractivity contribution < 1.29 is 9.59 Å². The quantitative estimate of drug-likeness (QED) is 0.757. The van der Waals surface area contributed by atoms with E-state index in [1.54, 1.807) is 0 Å². The lowest BCUT2D eigenvalue weighted by atomic mass is 9.42. The zero-order chi connectivity index (χ0) is 13.9. The van der Waals surface area contributed by atoms with Gasteiger partial charge in [0.05, 0.1) is 12.0 Å². The summed E-state index contributed by atoms with van der Waals surface area (Å²) in [5.41, 5.74) is -0.0743. The first-order chi connectivity index (χ1) is 8.21. The molecule has 1 aliphatic carbocycles. The number of hydrogen-bond acceptors (Lipinski definition) is 2. The molecule has 0 unspecified atom stereocenters. The van der Waals surface area contributed by atoms with Gasteiger partial charge >= 0.3 is 6.03 Å². The number of nitrogens with zero attached hydrogens (tertiary/aromatic N) is 2. The Bertz CT molecular complexity index is 401. The molecule has 1 saturated carbocycles. The molecule has 0 aromatic rings. The van der Waals surface area contributed by atoms with Crippen LogP contribution in [0.4, 0.5) is 4.79 Å². The molecule has 18 heavy (non-hydrogen) atoms. The molecule has 2 atom stereocenters. The molecule has 0 aromatic heterocycles. The highest BCUT2D eigenvalue weighted by Gasteiger charge is 2.70. The summed E-state index contributed by atoms with van der Waals surface area (Å²) in [6.07, 6.45) is 0. The Morgan fingerprint density at radius 2 is 1.56 bits per heavy atom. The van der Waals surface area contributed by atoms with Crippen LogP contribution in [0.2, 0.25) is 0 Å². The van der Waals surface area contributed by atoms with E-state index < -0.39 is 0 Å². The fourth-order valence-electron chi connectivity index (χ4n) is 3.67. The molecule has 4 heteroatoms. The van der Waals surface area contributed by atoms with E-state index in [9.17, 15) is 9.59 Å². The first-order valence-electron chi connectivity index (χ1n) is 6.83. The molecule has 2 rings (SSSR count). The minimum absolute atomic E-state index is 0.0151. The van der Waals surface area contributed by atoms with Crippen LogP contribution in [0.5, 0.6) is 0 Å². The predicted octanol–water partition coefficient (Wildman–Crippen LogP) is 2.34. The summed E-state index contributed by atoms with van der Waals surface area (Å²) in [5, 5.41) is 0. The van der Waals surface area contributed by atoms with Gasteiger partial charge in [-0.05, 0) is 24.7 Å². The van der Waals surface area contributed by atoms with Crippen molar-refractivity contribution in [3.8, 4) is 0 Å². The van der Waals surface area contributed by atoms with E-state index in [2.05, 4.69) is 27.7 Å². The highest BCUT2D eigenvalue weighted by atomic mass is 16.2. The number of rotatable bonds is 2. The van der Waals surface area contributed by atoms with Crippen molar-refractivity contribution in [1.82, 2.24) is 9.80 Å². The van der Waals surface area contributed by atoms with Gasteiger partial charge in [-0.1, -0.05) is 27.7 Å². The van der Waals surface area contributed by atoms with Crippen molar-refractivity contribution in [1.29, 1.82) is 0 Å². The summed E-state index contributed by atoms with van der Waals surface area (Å²) >= 11 is 0. The molecule has 0 N–H and O–H groups in total. The van der Waals surface area contributed by atoms with Gasteiger partial charge in [0.1, 0.15) is 0 Å². The van der Waals surface area contributed by atoms with Crippen LogP contribution >= 0.6 is 0 Å². The van der Waals surface area contributed by atoms with Gasteiger partial charge in [0.25, 0.3) is 0 Å². The van der Waals surface area contributed by atoms with Gasteiger partial charge in [-0.25, -0.2) is 4.79 Å². The molecular weight excluding hydrogens is 228 g/mol. The molecule has 1 heterocycles. The molecular formula is C14H24N2O2. The van der Waals surface area contributed by atoms with E-state index in [0.717, 1.165) is 0 Å². The highest BCUT2D eigenvalue weighted by molar-refractivity contribution is 6.00. The smallest absolute Gasteiger partial charge is 0.320 e. The van der Waals surface area contributed by atoms with E-state index in [1.807, 2.05) is 18.7 Å². The maximum atomic E-state index is 12.5. The maximum absolute atomic E-state index is 12.5. The molecule has 0 aromatic carbocycles. The zero-order valence-electron chi connectivity index (χ0n) is 12.3. The SMILES string of the molecule is CCN1C(=O)[C@H]2[C@@H](N(CC)C1=O)C(C)(C)C2(C)C. The summed E-state index contributed by atoms with van der Waals surface area (Å²) in [7, 11) is 0. The van der Waals surface area contributed by atoms with Crippen molar-refractivity contribution in [2.45, 2.75) is 47.6 Å². The van der Waals surface area contributed by atoms with Crippen molar-refractivity contribution in [3.05, 3.63) is 0 Å². The first-order valence-corrected chi connectivity index (χ1v) is 6.83. The van der Waals surface area contributed by atoms with Gasteiger partial charge in [0.2, 0.25) is 5.91 Å². The number of amides is 3. The number of hydrogen-bond donors (Lipinski definition) is 0. The fourth-order valence-corrected chi connectivity index (χ4v) is 3.67. The molecule has 0 spiro atoms. The maximum Gasteiger partial charge on any atom is 0.326 e. The molecule has 2 fully saturated rings. The molecule has 0 radical (unpaired) electrons. The minimum atomic E-state index is -0.116. The summed E-state index contributed by atoms with van der Waals surface area (Å²) in [6, 6.07) is -0.0601. The van der Waals surface area contributed by atoms with E-state index in [-0.39, 0.29) is 34.7 Å². The standard InChI is InChI=1S/C14H24N2O2/c1-7-15-10-9(13(3,4)14(10,5)6)11(17)16(8-2)12(15)18/h9-10H,7-8H2,1-6H3/t9-,10-/m1/s1. The highest BCUT2D eigenvalue weighted by Crippen LogP contribution is 2.63. The number of urea groups is 1. The second-order valence-corrected chi connectivity index (χ2v) is 6.52. The van der Waals surface area contributed by atoms with Crippen LogP contribution in [-0.2, 0) is 4.79 Å². The largest absolute Gasteiger partial charge is 0.326 e. The number of fused-ring (bicyclic) bond motifs is 1. The van der Waals surface area contributed by atoms with Crippen LogP contribution in [0.3, 0.4) is 0 Å². The van der Waals surface area contributed by atoms with Gasteiger partial charge in [-0.3, -0.25) is 9.69 Å². The second kappa shape index (κ2) is 3.72. The van der Waals surface area contributed by atoms with Crippen molar-refractivity contribution in [2.24, 2.45) is 16.7 Å². The molecule has 2 aliphatic rings. The van der Waals surface area contributed by atoms with Crippen LogP contribution in [0, 0.1) is 16.7 Å². The van der Waals surface area contributed by atoms with Crippen LogP contribution in [0.25, 0.3) is 0 Å². The molecule has 3 amide bonds. The lowest BCUT2D eigenvalue weighted by Crippen LogP contribution is -2.78. The third-order valence-electron chi connectivity index (χ3n) is 5.49. The van der Waals surface area contributed by atoms with Gasteiger partial charge < -0.3 is 4.90 Å². The average molecular weight is 252 g/mol. The third-order valence-corrected chi connectivity index (χ3v) is 5.49. The summed E-state index contributed by atoms with van der Waals surface area (Å²) in [4.78, 5) is 28.1. The van der Waals surface area contributed by atoms with E-state index in [0.29, 0.717) is 13.1 Å². The van der Waals surface area contributed by atoms with Gasteiger partial charge in [0, 0.05) is 13.1 Å². The normalized spacial score (nSPS) is 33.2. The lowest BCUT2D eigenvalue weighted by molar-refractivity contribution is -0.201. The van der Waals surface area contributed by atoms with E-state index in [4.69, 9.17) is 0 Å². The first kappa shape index (κ1) is 13.4. The van der Waals surface area contributed by atoms with Crippen LogP contribution in [0.15, 0.2) is 0 Å². The third kappa shape index (κ3) is 1.26. The Hall–Kier alpha value is -1.06. The molecule has 102 valence electrons. The number of carbonyl (C=O) groups excluding carboxylic acids is 2. The fraction of sp³-hybridized carbons (Fsp3) is 0.857. The Morgan fingerprint density at radius 1 is 1.00 bits per heavy atom. The van der Waals surface area contributed by atoms with Crippen molar-refractivity contribution in [2.75, 3.05) is 13.1 Å². The Morgan fingerprint density at radius 3 is 2.00 bits per heavy atom. The van der Waals surface area contributed by atoms with Gasteiger partial charge in [-0.2, -0.15) is 0 Å². The van der Waals surface area contributed by atoms with E-state index >= 15 is 0 Å². The number of imide groups is 1. The minimum Gasteiger partial charge on any atom is -0.320 e. The van der Waals surface area contributed by atoms with Gasteiger partial charge in [0.15, 0.2) is 0 Å². The average Bonchev–Trinajstić information content (AvgIpc) is 2.28. The van der Waals surface area contributed by atoms with Crippen LogP contribution in [0.1, 0.15) is 41.5 Å². The Balaban J connectivity index is 2.45. The molecule has 4 nitrogen and oxygen atoms in total. The Kier molecular flexibility index (Phi) is 2.76. The van der Waals surface area contributed by atoms with Crippen LogP contribution in [-0.4, -0.2) is 40.9 Å². The summed E-state index contributed by atoms with van der Waals surface area (Å²) < 4.78 is 0. The van der Waals surface area contributed by atoms with E-state index in [1.165, 1.54) is 4.90 Å². The van der Waals surface area contributed by atoms with Crippen molar-refractivity contribution in [3.63, 3.8) is 0 Å². The molecule has 0 bridgehead atoms. The predicted molar refractivity (Wildman–Crippen MR) is 70.0 cm³/mol. The topological polar surface area (TPSA) is 40.6 Å². The summed E-state index contributed by atoms with van der Waals surface area (Å²) in [6.45, 7) is 13.6. The van der Waals surface area contributed by atoms with Crippen molar-refractivity contribution >= 4 is 11.9 Å². The second-order valence-electron chi connectivity index (χ2n) is 6.52. The summed E-state index contributed by atoms with van der Waals surface area (Å²) in [5.74, 6) is -0.0355. The molecule has 1 aliphatic heterocycles. The Labute approximate surface area is 109 Å². The lowest BCUT2D eigenvalue weighted by Gasteiger charge is -2.69.